The molecule has 0 atom stereocenters. The van der Waals surface area contributed by atoms with Crippen LogP contribution in [0.25, 0.3) is 22.5 Å². The lowest BCUT2D eigenvalue weighted by molar-refractivity contribution is 1.16. The maximum absolute atomic E-state index is 7.54. The highest BCUT2D eigenvalue weighted by Gasteiger charge is 2.05. The fourth-order valence-electron chi connectivity index (χ4n) is 2.21. The Morgan fingerprint density at radius 2 is 1.46 bits per heavy atom. The van der Waals surface area contributed by atoms with Gasteiger partial charge in [-0.2, -0.15) is 0 Å². The zero-order valence-electron chi connectivity index (χ0n) is 13.1. The molecule has 3 aromatic rings. The number of nitrogens with one attached hydrogen (secondary N) is 2. The van der Waals surface area contributed by atoms with E-state index in [0.29, 0.717) is 22.7 Å². The van der Waals surface area contributed by atoms with E-state index >= 15 is 0 Å². The average molecular weight is 316 g/mol. The second-order valence-electron chi connectivity index (χ2n) is 5.34. The summed E-state index contributed by atoms with van der Waals surface area (Å²) in [4.78, 5) is 13.0. The lowest BCUT2D eigenvalue weighted by Gasteiger charge is -2.05. The Kier molecular flexibility index (Phi) is 4.11. The molecule has 0 spiro atoms. The summed E-state index contributed by atoms with van der Waals surface area (Å²) in [5, 5.41) is 15.0. The van der Waals surface area contributed by atoms with Gasteiger partial charge in [-0.3, -0.25) is 20.4 Å². The summed E-state index contributed by atoms with van der Waals surface area (Å²) < 4.78 is 0. The minimum atomic E-state index is 0.0482. The quantitative estimate of drug-likeness (QED) is 0.507. The summed E-state index contributed by atoms with van der Waals surface area (Å²) in [6.45, 7) is 1.68. The number of nitrogens with zero attached hydrogens (tertiary/aromatic N) is 3. The molecule has 0 unspecified atom stereocenters. The Balaban J connectivity index is 1.84. The highest BCUT2D eigenvalue weighted by Crippen LogP contribution is 2.21. The van der Waals surface area contributed by atoms with Crippen molar-refractivity contribution in [1.82, 2.24) is 15.0 Å². The van der Waals surface area contributed by atoms with Gasteiger partial charge in [0.15, 0.2) is 0 Å². The zero-order valence-corrected chi connectivity index (χ0v) is 13.1. The molecule has 0 radical (unpaired) electrons. The first kappa shape index (κ1) is 15.5. The number of amidine groups is 1. The van der Waals surface area contributed by atoms with Crippen LogP contribution >= 0.6 is 0 Å². The van der Waals surface area contributed by atoms with E-state index in [1.165, 1.54) is 0 Å². The molecular formula is C18H16N6. The molecule has 0 amide bonds. The number of rotatable bonds is 4. The van der Waals surface area contributed by atoms with Crippen LogP contribution in [0.4, 0.5) is 0 Å². The summed E-state index contributed by atoms with van der Waals surface area (Å²) in [6, 6.07) is 11.2. The van der Waals surface area contributed by atoms with E-state index in [0.717, 1.165) is 16.8 Å². The van der Waals surface area contributed by atoms with Crippen LogP contribution in [-0.2, 0) is 0 Å². The highest BCUT2D eigenvalue weighted by molar-refractivity contribution is 5.95. The van der Waals surface area contributed by atoms with Gasteiger partial charge in [0, 0.05) is 22.9 Å². The molecule has 0 fully saturated rings. The second kappa shape index (κ2) is 6.37. The number of nitrogen functional groups attached to an aromatic ring is 1. The maximum Gasteiger partial charge on any atom is 0.122 e. The fourth-order valence-corrected chi connectivity index (χ4v) is 2.21. The number of hydrogen-bond donors (Lipinski definition) is 3. The Labute approximate surface area is 139 Å². The van der Waals surface area contributed by atoms with E-state index in [-0.39, 0.29) is 5.84 Å². The van der Waals surface area contributed by atoms with Gasteiger partial charge in [0.2, 0.25) is 0 Å². The first-order valence-corrected chi connectivity index (χ1v) is 7.33. The maximum atomic E-state index is 7.54. The van der Waals surface area contributed by atoms with Gasteiger partial charge in [-0.1, -0.05) is 24.3 Å². The van der Waals surface area contributed by atoms with Gasteiger partial charge in [-0.05, 0) is 19.1 Å². The van der Waals surface area contributed by atoms with Crippen LogP contribution in [-0.4, -0.2) is 26.5 Å². The molecule has 0 aliphatic carbocycles. The predicted molar refractivity (Wildman–Crippen MR) is 94.2 cm³/mol. The van der Waals surface area contributed by atoms with Crippen LogP contribution in [0.5, 0.6) is 0 Å². The van der Waals surface area contributed by atoms with Crippen LogP contribution in [0.3, 0.4) is 0 Å². The molecule has 2 heterocycles. The van der Waals surface area contributed by atoms with Crippen LogP contribution < -0.4 is 5.73 Å². The molecule has 0 aliphatic rings. The van der Waals surface area contributed by atoms with Crippen molar-refractivity contribution in [2.45, 2.75) is 6.92 Å². The van der Waals surface area contributed by atoms with Crippen LogP contribution in [0.2, 0.25) is 0 Å². The molecule has 118 valence electrons. The van der Waals surface area contributed by atoms with E-state index in [4.69, 9.17) is 16.6 Å². The third-order valence-electron chi connectivity index (χ3n) is 3.59. The number of aromatic nitrogens is 3. The van der Waals surface area contributed by atoms with Gasteiger partial charge >= 0.3 is 0 Å². The Morgan fingerprint density at radius 1 is 0.792 bits per heavy atom. The molecule has 0 bridgehead atoms. The minimum absolute atomic E-state index is 0.0482. The smallest absolute Gasteiger partial charge is 0.122 e. The van der Waals surface area contributed by atoms with Crippen molar-refractivity contribution in [3.63, 3.8) is 0 Å². The number of nitrogens with two attached hydrogens (primary N) is 1. The van der Waals surface area contributed by atoms with Gasteiger partial charge in [0.25, 0.3) is 0 Å². The van der Waals surface area contributed by atoms with Crippen molar-refractivity contribution in [2.24, 2.45) is 5.73 Å². The van der Waals surface area contributed by atoms with Crippen LogP contribution in [0, 0.1) is 10.8 Å². The third-order valence-corrected chi connectivity index (χ3v) is 3.59. The lowest BCUT2D eigenvalue weighted by Crippen LogP contribution is -2.10. The molecule has 0 saturated carbocycles. The van der Waals surface area contributed by atoms with Gasteiger partial charge in [-0.25, -0.2) is 0 Å². The van der Waals surface area contributed by atoms with Crippen molar-refractivity contribution in [1.29, 1.82) is 10.8 Å². The van der Waals surface area contributed by atoms with Crippen LogP contribution in [0.1, 0.15) is 18.2 Å². The number of benzene rings is 1. The largest absolute Gasteiger partial charge is 0.384 e. The molecule has 24 heavy (non-hydrogen) atoms. The van der Waals surface area contributed by atoms with Gasteiger partial charge in [0.1, 0.15) is 11.5 Å². The zero-order chi connectivity index (χ0) is 17.1. The van der Waals surface area contributed by atoms with E-state index < -0.39 is 0 Å². The first-order valence-electron chi connectivity index (χ1n) is 7.33. The molecule has 1 aromatic carbocycles. The van der Waals surface area contributed by atoms with E-state index in [1.54, 1.807) is 37.6 Å². The molecule has 3 rings (SSSR count). The minimum Gasteiger partial charge on any atom is -0.384 e. The number of hydrogen-bond acceptors (Lipinski definition) is 5. The van der Waals surface area contributed by atoms with E-state index in [2.05, 4.69) is 15.0 Å². The third kappa shape index (κ3) is 3.17. The summed E-state index contributed by atoms with van der Waals surface area (Å²) in [5.74, 6) is 0.0482. The van der Waals surface area contributed by atoms with Gasteiger partial charge in [-0.15, -0.1) is 0 Å². The summed E-state index contributed by atoms with van der Waals surface area (Å²) >= 11 is 0. The van der Waals surface area contributed by atoms with Crippen molar-refractivity contribution < 1.29 is 0 Å². The second-order valence-corrected chi connectivity index (χ2v) is 5.34. The van der Waals surface area contributed by atoms with Gasteiger partial charge in [0.05, 0.1) is 29.5 Å². The summed E-state index contributed by atoms with van der Waals surface area (Å²) in [6.07, 6.45) is 4.98. The fraction of sp³-hybridized carbons (Fsp3) is 0.0556. The van der Waals surface area contributed by atoms with E-state index in [1.807, 2.05) is 24.3 Å². The Morgan fingerprint density at radius 3 is 1.96 bits per heavy atom. The normalized spacial score (nSPS) is 10.4. The molecule has 6 heteroatoms. The van der Waals surface area contributed by atoms with Crippen molar-refractivity contribution >= 4 is 11.5 Å². The van der Waals surface area contributed by atoms with Gasteiger partial charge < -0.3 is 11.1 Å². The molecular weight excluding hydrogens is 300 g/mol. The van der Waals surface area contributed by atoms with Crippen molar-refractivity contribution in [3.8, 4) is 22.5 Å². The highest BCUT2D eigenvalue weighted by atomic mass is 14.8. The average Bonchev–Trinajstić information content (AvgIpc) is 2.62. The molecule has 2 aromatic heterocycles. The van der Waals surface area contributed by atoms with Crippen molar-refractivity contribution in [2.75, 3.05) is 0 Å². The Hall–Kier alpha value is -3.41. The first-order chi connectivity index (χ1) is 11.5. The van der Waals surface area contributed by atoms with Crippen LogP contribution in [0.15, 0.2) is 55.0 Å². The lowest BCUT2D eigenvalue weighted by atomic mass is 10.1. The standard InChI is InChI=1S/C18H16N6/c1-11(19)16-9-24-17(10-23-16)14-6-7-15(22-8-14)12-2-4-13(5-3-12)18(20)21/h2-10,19H,1H3,(H3,20,21). The monoisotopic (exact) mass is 316 g/mol. The van der Waals surface area contributed by atoms with Crippen molar-refractivity contribution in [3.05, 3.63) is 66.2 Å². The topological polar surface area (TPSA) is 112 Å². The molecule has 6 nitrogen and oxygen atoms in total. The molecule has 0 aliphatic heterocycles. The Bertz CT molecular complexity index is 804. The predicted octanol–water partition coefficient (Wildman–Crippen LogP) is 2.88. The number of pyridine rings is 1. The SMILES string of the molecule is CC(=N)c1cnc(-c2ccc(-c3ccc(C(=N)N)cc3)nc2)cn1. The summed E-state index contributed by atoms with van der Waals surface area (Å²) in [7, 11) is 0. The molecule has 4 N–H and O–H groups in total. The summed E-state index contributed by atoms with van der Waals surface area (Å²) in [5.41, 5.74) is 10.4. The molecule has 0 saturated heterocycles. The van der Waals surface area contributed by atoms with E-state index in [9.17, 15) is 0 Å².